The molecular weight excluding hydrogens is 365 g/mol. The molecule has 0 amide bonds. The number of hydrogen-bond donors (Lipinski definition) is 0. The van der Waals surface area contributed by atoms with Gasteiger partial charge in [-0.15, -0.1) is 0 Å². The van der Waals surface area contributed by atoms with Gasteiger partial charge in [0, 0.05) is 6.42 Å². The van der Waals surface area contributed by atoms with Crippen molar-refractivity contribution in [3.8, 4) is 0 Å². The standard InChI is InChI=1S/C23H35F3O2/c1-3-28-21(27)13-15-6-9-20-19-7-4-14-12-16(23(24,25)26)5-8-17(14)18(19)10-11-22(15,20)2/h14-20H,3-13H2,1-2H3/t14-,15?,16?,17+,18?,19-,20?,22-/m1/s1. The summed E-state index contributed by atoms with van der Waals surface area (Å²) < 4.78 is 44.9. The Morgan fingerprint density at radius 2 is 1.75 bits per heavy atom. The van der Waals surface area contributed by atoms with Crippen molar-refractivity contribution in [1.82, 2.24) is 0 Å². The van der Waals surface area contributed by atoms with Crippen molar-refractivity contribution in [2.75, 3.05) is 6.61 Å². The summed E-state index contributed by atoms with van der Waals surface area (Å²) in [6.45, 7) is 4.68. The molecule has 160 valence electrons. The molecule has 0 aromatic rings. The van der Waals surface area contributed by atoms with Crippen LogP contribution in [0.2, 0.25) is 0 Å². The molecule has 0 spiro atoms. The number of carbonyl (C=O) groups is 1. The molecule has 0 saturated heterocycles. The Kier molecular flexibility index (Phi) is 5.50. The summed E-state index contributed by atoms with van der Waals surface area (Å²) >= 11 is 0. The van der Waals surface area contributed by atoms with Crippen LogP contribution >= 0.6 is 0 Å². The van der Waals surface area contributed by atoms with Gasteiger partial charge in [-0.2, -0.15) is 13.2 Å². The first-order valence-electron chi connectivity index (χ1n) is 11.5. The zero-order chi connectivity index (χ0) is 20.1. The van der Waals surface area contributed by atoms with Crippen LogP contribution in [-0.2, 0) is 9.53 Å². The Morgan fingerprint density at radius 1 is 1.00 bits per heavy atom. The third-order valence-corrected chi connectivity index (χ3v) is 9.33. The number of alkyl halides is 3. The number of esters is 1. The predicted octanol–water partition coefficient (Wildman–Crippen LogP) is 6.39. The van der Waals surface area contributed by atoms with Crippen molar-refractivity contribution in [2.45, 2.75) is 84.2 Å². The van der Waals surface area contributed by atoms with E-state index in [9.17, 15) is 18.0 Å². The number of carbonyl (C=O) groups excluding carboxylic acids is 1. The average molecular weight is 401 g/mol. The number of rotatable bonds is 3. The second kappa shape index (κ2) is 7.50. The Labute approximate surface area is 167 Å². The summed E-state index contributed by atoms with van der Waals surface area (Å²) in [5.41, 5.74) is 0.212. The zero-order valence-corrected chi connectivity index (χ0v) is 17.3. The van der Waals surface area contributed by atoms with E-state index in [2.05, 4.69) is 6.92 Å². The first kappa shape index (κ1) is 20.5. The van der Waals surface area contributed by atoms with Gasteiger partial charge in [0.1, 0.15) is 0 Å². The molecule has 0 bridgehead atoms. The highest BCUT2D eigenvalue weighted by Crippen LogP contribution is 2.65. The molecule has 0 aliphatic heterocycles. The summed E-state index contributed by atoms with van der Waals surface area (Å²) in [7, 11) is 0. The number of hydrogen-bond acceptors (Lipinski definition) is 2. The maximum atomic E-state index is 13.2. The van der Waals surface area contributed by atoms with Gasteiger partial charge in [-0.1, -0.05) is 6.92 Å². The fourth-order valence-electron chi connectivity index (χ4n) is 8.02. The largest absolute Gasteiger partial charge is 0.466 e. The Morgan fingerprint density at radius 3 is 2.46 bits per heavy atom. The lowest BCUT2D eigenvalue weighted by molar-refractivity contribution is -0.196. The molecule has 4 rings (SSSR count). The van der Waals surface area contributed by atoms with Crippen molar-refractivity contribution in [3.05, 3.63) is 0 Å². The number of fused-ring (bicyclic) bond motifs is 5. The van der Waals surface area contributed by atoms with E-state index in [1.165, 1.54) is 6.42 Å². The SMILES string of the molecule is CCOC(=O)CC1CCC2[C@@H]3CC[C@@H]4CC(C(F)(F)F)CC[C@@H]4C3CC[C@]12C. The third kappa shape index (κ3) is 3.49. The third-order valence-electron chi connectivity index (χ3n) is 9.33. The van der Waals surface area contributed by atoms with E-state index in [1.807, 2.05) is 6.92 Å². The normalized spacial score (nSPS) is 45.7. The summed E-state index contributed by atoms with van der Waals surface area (Å²) in [5.74, 6) is 1.99. The van der Waals surface area contributed by atoms with Crippen molar-refractivity contribution in [2.24, 2.45) is 46.8 Å². The second-order valence-electron chi connectivity index (χ2n) is 10.3. The fraction of sp³-hybridized carbons (Fsp3) is 0.957. The lowest BCUT2D eigenvalue weighted by Crippen LogP contribution is -2.49. The van der Waals surface area contributed by atoms with Crippen LogP contribution in [0.5, 0.6) is 0 Å². The molecule has 4 aliphatic rings. The lowest BCUT2D eigenvalue weighted by Gasteiger charge is -2.56. The molecule has 4 aliphatic carbocycles. The van der Waals surface area contributed by atoms with Gasteiger partial charge in [-0.05, 0) is 106 Å². The fourth-order valence-corrected chi connectivity index (χ4v) is 8.02. The molecule has 8 atom stereocenters. The van der Waals surface area contributed by atoms with Crippen LogP contribution in [0, 0.1) is 46.8 Å². The summed E-state index contributed by atoms with van der Waals surface area (Å²) in [6.07, 6.45) is 4.64. The molecule has 0 N–H and O–H groups in total. The minimum absolute atomic E-state index is 0.0642. The van der Waals surface area contributed by atoms with Crippen LogP contribution < -0.4 is 0 Å². The van der Waals surface area contributed by atoms with Crippen LogP contribution in [0.4, 0.5) is 13.2 Å². The van der Waals surface area contributed by atoms with E-state index in [4.69, 9.17) is 4.74 Å². The molecule has 4 unspecified atom stereocenters. The Hall–Kier alpha value is -0.740. The minimum atomic E-state index is -4.02. The first-order chi connectivity index (χ1) is 13.2. The van der Waals surface area contributed by atoms with Gasteiger partial charge >= 0.3 is 12.1 Å². The van der Waals surface area contributed by atoms with Crippen LogP contribution in [0.1, 0.15) is 78.1 Å². The molecule has 0 heterocycles. The van der Waals surface area contributed by atoms with Gasteiger partial charge in [0.15, 0.2) is 0 Å². The monoisotopic (exact) mass is 400 g/mol. The van der Waals surface area contributed by atoms with Crippen LogP contribution in [0.15, 0.2) is 0 Å². The van der Waals surface area contributed by atoms with E-state index in [-0.39, 0.29) is 17.3 Å². The molecule has 0 aromatic heterocycles. The molecule has 0 radical (unpaired) electrons. The second-order valence-corrected chi connectivity index (χ2v) is 10.3. The van der Waals surface area contributed by atoms with Crippen molar-refractivity contribution >= 4 is 5.97 Å². The molecule has 4 fully saturated rings. The van der Waals surface area contributed by atoms with Crippen LogP contribution in [0.25, 0.3) is 0 Å². The zero-order valence-electron chi connectivity index (χ0n) is 17.3. The van der Waals surface area contributed by atoms with Gasteiger partial charge in [-0.3, -0.25) is 4.79 Å². The van der Waals surface area contributed by atoms with Gasteiger partial charge < -0.3 is 4.74 Å². The van der Waals surface area contributed by atoms with E-state index in [0.717, 1.165) is 38.5 Å². The van der Waals surface area contributed by atoms with E-state index < -0.39 is 12.1 Å². The van der Waals surface area contributed by atoms with Gasteiger partial charge in [-0.25, -0.2) is 0 Å². The van der Waals surface area contributed by atoms with Crippen LogP contribution in [0.3, 0.4) is 0 Å². The molecule has 0 aromatic carbocycles. The summed E-state index contributed by atoms with van der Waals surface area (Å²) in [4.78, 5) is 12.1. The topological polar surface area (TPSA) is 26.3 Å². The lowest BCUT2D eigenvalue weighted by atomic mass is 9.49. The van der Waals surface area contributed by atoms with Crippen molar-refractivity contribution in [1.29, 1.82) is 0 Å². The number of ether oxygens (including phenoxy) is 1. The van der Waals surface area contributed by atoms with Crippen molar-refractivity contribution < 1.29 is 22.7 Å². The average Bonchev–Trinajstić information content (AvgIpc) is 2.97. The van der Waals surface area contributed by atoms with E-state index in [0.29, 0.717) is 55.5 Å². The summed E-state index contributed by atoms with van der Waals surface area (Å²) in [6, 6.07) is 0. The maximum absolute atomic E-state index is 13.2. The highest BCUT2D eigenvalue weighted by atomic mass is 19.4. The smallest absolute Gasteiger partial charge is 0.391 e. The van der Waals surface area contributed by atoms with E-state index in [1.54, 1.807) is 0 Å². The molecular formula is C23H35F3O2. The molecule has 5 heteroatoms. The Bertz CT molecular complexity index is 589. The van der Waals surface area contributed by atoms with Gasteiger partial charge in [0.2, 0.25) is 0 Å². The highest BCUT2D eigenvalue weighted by Gasteiger charge is 2.58. The Balaban J connectivity index is 1.44. The molecule has 2 nitrogen and oxygen atoms in total. The predicted molar refractivity (Wildman–Crippen MR) is 101 cm³/mol. The van der Waals surface area contributed by atoms with Crippen LogP contribution in [-0.4, -0.2) is 18.8 Å². The quantitative estimate of drug-likeness (QED) is 0.513. The maximum Gasteiger partial charge on any atom is 0.391 e. The van der Waals surface area contributed by atoms with E-state index >= 15 is 0 Å². The van der Waals surface area contributed by atoms with Gasteiger partial charge in [0.25, 0.3) is 0 Å². The van der Waals surface area contributed by atoms with Crippen molar-refractivity contribution in [3.63, 3.8) is 0 Å². The minimum Gasteiger partial charge on any atom is -0.466 e. The number of halogens is 3. The highest BCUT2D eigenvalue weighted by molar-refractivity contribution is 5.69. The first-order valence-corrected chi connectivity index (χ1v) is 11.5. The van der Waals surface area contributed by atoms with Gasteiger partial charge in [0.05, 0.1) is 12.5 Å². The molecule has 28 heavy (non-hydrogen) atoms. The molecule has 4 saturated carbocycles. The summed E-state index contributed by atoms with van der Waals surface area (Å²) in [5, 5.41) is 0.